The van der Waals surface area contributed by atoms with Gasteiger partial charge in [-0.1, -0.05) is 13.3 Å². The van der Waals surface area contributed by atoms with Gasteiger partial charge in [-0.3, -0.25) is 9.59 Å². The molecule has 0 fully saturated rings. The molecular weight excluding hydrogens is 208 g/mol. The van der Waals surface area contributed by atoms with Crippen molar-refractivity contribution in [3.05, 3.63) is 0 Å². The predicted octanol–water partition coefficient (Wildman–Crippen LogP) is 0.826. The van der Waals surface area contributed by atoms with Crippen molar-refractivity contribution >= 4 is 11.9 Å². The summed E-state index contributed by atoms with van der Waals surface area (Å²) < 4.78 is 0. The van der Waals surface area contributed by atoms with Gasteiger partial charge in [-0.15, -0.1) is 0 Å². The van der Waals surface area contributed by atoms with Gasteiger partial charge in [0.15, 0.2) is 0 Å². The molecule has 0 bridgehead atoms. The van der Waals surface area contributed by atoms with Gasteiger partial charge in [0.05, 0.1) is 0 Å². The van der Waals surface area contributed by atoms with Gasteiger partial charge in [0.2, 0.25) is 5.91 Å². The number of carboxylic acid groups (broad SMARTS) is 1. The molecule has 0 saturated carbocycles. The Morgan fingerprint density at radius 1 is 1.38 bits per heavy atom. The highest BCUT2D eigenvalue weighted by Gasteiger charge is 2.21. The Kier molecular flexibility index (Phi) is 6.72. The van der Waals surface area contributed by atoms with Crippen molar-refractivity contribution in [1.29, 1.82) is 0 Å². The average molecular weight is 230 g/mol. The van der Waals surface area contributed by atoms with Gasteiger partial charge >= 0.3 is 5.97 Å². The fourth-order valence-corrected chi connectivity index (χ4v) is 1.52. The normalized spacial score (nSPS) is 12.6. The van der Waals surface area contributed by atoms with Gasteiger partial charge in [0.25, 0.3) is 0 Å². The number of hydrogen-bond acceptors (Lipinski definition) is 3. The molecule has 0 aliphatic rings. The van der Waals surface area contributed by atoms with Gasteiger partial charge in [-0.25, -0.2) is 0 Å². The Balaban J connectivity index is 4.32. The van der Waals surface area contributed by atoms with E-state index >= 15 is 0 Å². The minimum absolute atomic E-state index is 0.113. The number of rotatable bonds is 7. The molecule has 1 unspecified atom stereocenters. The Morgan fingerprint density at radius 2 is 1.94 bits per heavy atom. The van der Waals surface area contributed by atoms with Crippen LogP contribution in [0.2, 0.25) is 0 Å². The van der Waals surface area contributed by atoms with E-state index in [2.05, 4.69) is 0 Å². The molecule has 5 heteroatoms. The number of nitrogens with two attached hydrogens (primary N) is 1. The molecule has 0 aromatic heterocycles. The van der Waals surface area contributed by atoms with Crippen LogP contribution in [-0.4, -0.2) is 40.5 Å². The zero-order valence-corrected chi connectivity index (χ0v) is 10.3. The molecule has 5 nitrogen and oxygen atoms in total. The zero-order valence-electron chi connectivity index (χ0n) is 10.3. The third-order valence-corrected chi connectivity index (χ3v) is 2.35. The first-order valence-corrected chi connectivity index (χ1v) is 5.65. The van der Waals surface area contributed by atoms with Gasteiger partial charge in [0, 0.05) is 18.5 Å². The number of carbonyl (C=O) groups is 2. The molecule has 0 radical (unpaired) electrons. The standard InChI is InChI=1S/C11H22N2O3/c1-4-5-9(12)6-10(14)13(8(2)3)7-11(15)16/h8-9H,4-7,12H2,1-3H3,(H,15,16). The van der Waals surface area contributed by atoms with E-state index in [0.29, 0.717) is 0 Å². The maximum atomic E-state index is 11.8. The maximum Gasteiger partial charge on any atom is 0.323 e. The third-order valence-electron chi connectivity index (χ3n) is 2.35. The summed E-state index contributed by atoms with van der Waals surface area (Å²) in [5, 5.41) is 8.69. The Labute approximate surface area is 96.6 Å². The molecule has 0 aromatic carbocycles. The van der Waals surface area contributed by atoms with Gasteiger partial charge in [-0.2, -0.15) is 0 Å². The molecule has 16 heavy (non-hydrogen) atoms. The molecule has 1 amide bonds. The summed E-state index contributed by atoms with van der Waals surface area (Å²) >= 11 is 0. The number of nitrogens with zero attached hydrogens (tertiary/aromatic N) is 1. The van der Waals surface area contributed by atoms with Crippen molar-refractivity contribution in [2.75, 3.05) is 6.54 Å². The van der Waals surface area contributed by atoms with Crippen LogP contribution in [0, 0.1) is 0 Å². The molecule has 0 saturated heterocycles. The molecule has 0 spiro atoms. The lowest BCUT2D eigenvalue weighted by molar-refractivity contribution is -0.145. The summed E-state index contributed by atoms with van der Waals surface area (Å²) in [5.74, 6) is -1.18. The van der Waals surface area contributed by atoms with Crippen LogP contribution in [0.15, 0.2) is 0 Å². The highest BCUT2D eigenvalue weighted by Crippen LogP contribution is 2.06. The van der Waals surface area contributed by atoms with Crippen LogP contribution >= 0.6 is 0 Å². The smallest absolute Gasteiger partial charge is 0.323 e. The quantitative estimate of drug-likeness (QED) is 0.678. The highest BCUT2D eigenvalue weighted by atomic mass is 16.4. The van der Waals surface area contributed by atoms with E-state index in [9.17, 15) is 9.59 Å². The molecule has 1 atom stereocenters. The van der Waals surface area contributed by atoms with Crippen molar-refractivity contribution in [3.8, 4) is 0 Å². The topological polar surface area (TPSA) is 83.6 Å². The summed E-state index contributed by atoms with van der Waals surface area (Å²) in [6.07, 6.45) is 1.93. The molecule has 0 heterocycles. The van der Waals surface area contributed by atoms with Crippen LogP contribution in [0.5, 0.6) is 0 Å². The van der Waals surface area contributed by atoms with Crippen LogP contribution in [0.4, 0.5) is 0 Å². The van der Waals surface area contributed by atoms with Crippen LogP contribution in [0.1, 0.15) is 40.0 Å². The predicted molar refractivity (Wildman–Crippen MR) is 62.0 cm³/mol. The molecule has 94 valence electrons. The third kappa shape index (κ3) is 5.70. The first-order chi connectivity index (χ1) is 7.38. The molecular formula is C11H22N2O3. The Morgan fingerprint density at radius 3 is 2.31 bits per heavy atom. The summed E-state index contributed by atoms with van der Waals surface area (Å²) in [7, 11) is 0. The molecule has 0 rings (SSSR count). The van der Waals surface area contributed by atoms with E-state index in [0.717, 1.165) is 12.8 Å². The van der Waals surface area contributed by atoms with Gasteiger partial charge in [0.1, 0.15) is 6.54 Å². The largest absolute Gasteiger partial charge is 0.480 e. The second kappa shape index (κ2) is 7.22. The number of amides is 1. The fourth-order valence-electron chi connectivity index (χ4n) is 1.52. The van der Waals surface area contributed by atoms with Crippen LogP contribution in [-0.2, 0) is 9.59 Å². The van der Waals surface area contributed by atoms with Crippen LogP contribution < -0.4 is 5.73 Å². The summed E-state index contributed by atoms with van der Waals surface area (Å²) in [6, 6.07) is -0.287. The van der Waals surface area contributed by atoms with E-state index in [1.165, 1.54) is 4.90 Å². The van der Waals surface area contributed by atoms with Gasteiger partial charge < -0.3 is 15.7 Å². The lowest BCUT2D eigenvalue weighted by Gasteiger charge is -2.26. The van der Waals surface area contributed by atoms with E-state index in [1.54, 1.807) is 13.8 Å². The summed E-state index contributed by atoms with van der Waals surface area (Å²) in [6.45, 7) is 5.34. The van der Waals surface area contributed by atoms with Crippen molar-refractivity contribution in [2.45, 2.75) is 52.1 Å². The van der Waals surface area contributed by atoms with Crippen LogP contribution in [0.25, 0.3) is 0 Å². The number of carboxylic acids is 1. The van der Waals surface area contributed by atoms with Crippen molar-refractivity contribution in [1.82, 2.24) is 4.90 Å². The van der Waals surface area contributed by atoms with E-state index in [1.807, 2.05) is 6.92 Å². The minimum Gasteiger partial charge on any atom is -0.480 e. The Bertz CT molecular complexity index is 241. The summed E-state index contributed by atoms with van der Waals surface area (Å²) in [4.78, 5) is 23.7. The lowest BCUT2D eigenvalue weighted by Crippen LogP contribution is -2.43. The number of carbonyl (C=O) groups excluding carboxylic acids is 1. The highest BCUT2D eigenvalue weighted by molar-refractivity contribution is 5.82. The van der Waals surface area contributed by atoms with E-state index in [4.69, 9.17) is 10.8 Å². The molecule has 0 aliphatic carbocycles. The first kappa shape index (κ1) is 14.9. The zero-order chi connectivity index (χ0) is 12.7. The maximum absolute atomic E-state index is 11.8. The van der Waals surface area contributed by atoms with Crippen molar-refractivity contribution in [2.24, 2.45) is 5.73 Å². The van der Waals surface area contributed by atoms with E-state index < -0.39 is 5.97 Å². The average Bonchev–Trinajstić information content (AvgIpc) is 2.13. The molecule has 3 N–H and O–H groups in total. The monoisotopic (exact) mass is 230 g/mol. The lowest BCUT2D eigenvalue weighted by atomic mass is 10.1. The number of hydrogen-bond donors (Lipinski definition) is 2. The van der Waals surface area contributed by atoms with Crippen molar-refractivity contribution in [3.63, 3.8) is 0 Å². The first-order valence-electron chi connectivity index (χ1n) is 5.65. The fraction of sp³-hybridized carbons (Fsp3) is 0.818. The number of aliphatic carboxylic acids is 1. The van der Waals surface area contributed by atoms with Gasteiger partial charge in [-0.05, 0) is 20.3 Å². The van der Waals surface area contributed by atoms with Crippen molar-refractivity contribution < 1.29 is 14.7 Å². The second-order valence-corrected chi connectivity index (χ2v) is 4.26. The van der Waals surface area contributed by atoms with Crippen LogP contribution in [0.3, 0.4) is 0 Å². The Hall–Kier alpha value is -1.10. The minimum atomic E-state index is -0.994. The molecule has 0 aromatic rings. The second-order valence-electron chi connectivity index (χ2n) is 4.26. The van der Waals surface area contributed by atoms with E-state index in [-0.39, 0.29) is 31.0 Å². The SMILES string of the molecule is CCCC(N)CC(=O)N(CC(=O)O)C(C)C. The molecule has 0 aliphatic heterocycles. The summed E-state index contributed by atoms with van der Waals surface area (Å²) in [5.41, 5.74) is 5.76.